The van der Waals surface area contributed by atoms with Crippen molar-refractivity contribution in [3.05, 3.63) is 29.0 Å². The highest BCUT2D eigenvalue weighted by molar-refractivity contribution is 9.15. The Labute approximate surface area is 166 Å². The molecule has 3 nitrogen and oxygen atoms in total. The number of benzene rings is 1. The molecule has 0 N–H and O–H groups in total. The van der Waals surface area contributed by atoms with Crippen molar-refractivity contribution in [3.8, 4) is 0 Å². The number of hydrogen-bond donors (Lipinski definition) is 0. The summed E-state index contributed by atoms with van der Waals surface area (Å²) in [5.74, 6) is -0.590. The second kappa shape index (κ2) is 6.78. The van der Waals surface area contributed by atoms with Gasteiger partial charge >= 0.3 is 0 Å². The number of nitrogens with zero attached hydrogens (tertiary/aromatic N) is 1. The molecule has 0 spiro atoms. The van der Waals surface area contributed by atoms with Crippen LogP contribution in [0, 0.1) is 0 Å². The van der Waals surface area contributed by atoms with E-state index in [-0.39, 0.29) is 16.6 Å². The van der Waals surface area contributed by atoms with Gasteiger partial charge in [-0.25, -0.2) is 0 Å². The third-order valence-electron chi connectivity index (χ3n) is 2.73. The third-order valence-corrected chi connectivity index (χ3v) is 9.77. The van der Waals surface area contributed by atoms with Crippen LogP contribution < -0.4 is 0 Å². The van der Waals surface area contributed by atoms with Crippen LogP contribution >= 0.6 is 95.6 Å². The molecule has 1 unspecified atom stereocenters. The Morgan fingerprint density at radius 2 is 1.25 bits per heavy atom. The van der Waals surface area contributed by atoms with Crippen LogP contribution in [0.2, 0.25) is 0 Å². The van der Waals surface area contributed by atoms with Gasteiger partial charge in [0.05, 0.1) is 11.1 Å². The summed E-state index contributed by atoms with van der Waals surface area (Å²) < 4.78 is 2.55. The Kier molecular flexibility index (Phi) is 5.96. The van der Waals surface area contributed by atoms with Gasteiger partial charge in [0.2, 0.25) is 0 Å². The van der Waals surface area contributed by atoms with Crippen molar-refractivity contribution in [2.75, 3.05) is 11.9 Å². The largest absolute Gasteiger partial charge is 0.273 e. The molecule has 0 bridgehead atoms. The first-order valence-electron chi connectivity index (χ1n) is 5.23. The van der Waals surface area contributed by atoms with Crippen LogP contribution in [0.4, 0.5) is 0 Å². The van der Waals surface area contributed by atoms with Crippen molar-refractivity contribution in [1.82, 2.24) is 4.90 Å². The molecule has 0 aliphatic carbocycles. The van der Waals surface area contributed by atoms with E-state index in [1.54, 1.807) is 0 Å². The average Bonchev–Trinajstić information content (AvgIpc) is 2.67. The fourth-order valence-corrected chi connectivity index (χ4v) is 4.76. The van der Waals surface area contributed by atoms with E-state index in [0.717, 1.165) is 0 Å². The SMILES string of the molecule is O=C1c2c(Br)c(Br)c(Br)c(Br)c2C(=O)N1CC(Br)CBr. The van der Waals surface area contributed by atoms with Gasteiger partial charge < -0.3 is 0 Å². The Bertz CT molecular complexity index is 571. The molecule has 0 saturated heterocycles. The second-order valence-electron chi connectivity index (χ2n) is 3.98. The molecule has 9 heteroatoms. The highest BCUT2D eigenvalue weighted by Crippen LogP contribution is 2.45. The van der Waals surface area contributed by atoms with Crippen LogP contribution in [0.1, 0.15) is 20.7 Å². The van der Waals surface area contributed by atoms with Crippen molar-refractivity contribution in [3.63, 3.8) is 0 Å². The number of alkyl halides is 2. The van der Waals surface area contributed by atoms with Crippen LogP contribution in [0.25, 0.3) is 0 Å². The fourth-order valence-electron chi connectivity index (χ4n) is 1.81. The maximum atomic E-state index is 12.5. The number of amides is 2. The van der Waals surface area contributed by atoms with E-state index < -0.39 is 0 Å². The van der Waals surface area contributed by atoms with Crippen molar-refractivity contribution >= 4 is 107 Å². The van der Waals surface area contributed by atoms with E-state index in [0.29, 0.717) is 40.9 Å². The zero-order valence-corrected chi connectivity index (χ0v) is 19.0. The zero-order valence-electron chi connectivity index (χ0n) is 9.52. The first-order valence-corrected chi connectivity index (χ1v) is 10.4. The highest BCUT2D eigenvalue weighted by Gasteiger charge is 2.41. The van der Waals surface area contributed by atoms with E-state index in [2.05, 4.69) is 95.6 Å². The molecule has 20 heavy (non-hydrogen) atoms. The lowest BCUT2D eigenvalue weighted by Crippen LogP contribution is -2.35. The van der Waals surface area contributed by atoms with E-state index in [1.165, 1.54) is 4.90 Å². The smallest absolute Gasteiger partial charge is 0.262 e. The number of hydrogen-bond acceptors (Lipinski definition) is 2. The lowest BCUT2D eigenvalue weighted by Gasteiger charge is -2.16. The first-order chi connectivity index (χ1) is 9.31. The van der Waals surface area contributed by atoms with E-state index >= 15 is 0 Å². The normalized spacial score (nSPS) is 15.8. The van der Waals surface area contributed by atoms with Crippen LogP contribution in [0.5, 0.6) is 0 Å². The second-order valence-corrected chi connectivity index (χ2v) is 9.09. The summed E-state index contributed by atoms with van der Waals surface area (Å²) in [5.41, 5.74) is 0.762. The summed E-state index contributed by atoms with van der Waals surface area (Å²) in [7, 11) is 0. The van der Waals surface area contributed by atoms with E-state index in [1.807, 2.05) is 0 Å². The number of carbonyl (C=O) groups is 2. The lowest BCUT2D eigenvalue weighted by atomic mass is 10.1. The van der Waals surface area contributed by atoms with Crippen molar-refractivity contribution < 1.29 is 9.59 Å². The Morgan fingerprint density at radius 3 is 1.60 bits per heavy atom. The van der Waals surface area contributed by atoms with Crippen molar-refractivity contribution in [2.24, 2.45) is 0 Å². The molecule has 1 aliphatic rings. The van der Waals surface area contributed by atoms with Crippen LogP contribution in [0.3, 0.4) is 0 Å². The van der Waals surface area contributed by atoms with Gasteiger partial charge in [0.25, 0.3) is 11.8 Å². The summed E-state index contributed by atoms with van der Waals surface area (Å²) in [5, 5.41) is 0.649. The Hall–Kier alpha value is 1.24. The van der Waals surface area contributed by atoms with Gasteiger partial charge in [-0.3, -0.25) is 14.5 Å². The number of carbonyl (C=O) groups excluding carboxylic acids is 2. The lowest BCUT2D eigenvalue weighted by molar-refractivity contribution is 0.0657. The maximum Gasteiger partial charge on any atom is 0.262 e. The minimum atomic E-state index is -0.295. The van der Waals surface area contributed by atoms with Gasteiger partial charge in [0.1, 0.15) is 0 Å². The predicted molar refractivity (Wildman–Crippen MR) is 99.1 cm³/mol. The molecular formula is C11H5Br6NO2. The highest BCUT2D eigenvalue weighted by atomic mass is 79.9. The first kappa shape index (κ1) is 17.6. The van der Waals surface area contributed by atoms with Gasteiger partial charge in [0.15, 0.2) is 0 Å². The number of halogens is 6. The van der Waals surface area contributed by atoms with Gasteiger partial charge in [-0.2, -0.15) is 0 Å². The molecule has 108 valence electrons. The quantitative estimate of drug-likeness (QED) is 0.186. The summed E-state index contributed by atoms with van der Waals surface area (Å²) in [6.45, 7) is 0.311. The Morgan fingerprint density at radius 1 is 0.850 bits per heavy atom. The third kappa shape index (κ3) is 2.87. The predicted octanol–water partition coefficient (Wildman–Crippen LogP) is 5.49. The number of rotatable bonds is 3. The fraction of sp³-hybridized carbons (Fsp3) is 0.273. The molecule has 2 rings (SSSR count). The van der Waals surface area contributed by atoms with Gasteiger partial charge in [-0.15, -0.1) is 0 Å². The van der Waals surface area contributed by atoms with Crippen LogP contribution in [-0.2, 0) is 0 Å². The van der Waals surface area contributed by atoms with Crippen molar-refractivity contribution in [2.45, 2.75) is 4.83 Å². The van der Waals surface area contributed by atoms with Crippen LogP contribution in [0.15, 0.2) is 17.9 Å². The molecule has 1 aromatic carbocycles. The zero-order chi connectivity index (χ0) is 15.2. The summed E-state index contributed by atoms with van der Waals surface area (Å²) in [6.07, 6.45) is 0. The molecular weight excluding hydrogens is 658 g/mol. The van der Waals surface area contributed by atoms with Crippen molar-refractivity contribution in [1.29, 1.82) is 0 Å². The minimum Gasteiger partial charge on any atom is -0.273 e. The van der Waals surface area contributed by atoms with Gasteiger partial charge in [0, 0.05) is 34.6 Å². The molecule has 1 aliphatic heterocycles. The topological polar surface area (TPSA) is 37.4 Å². The van der Waals surface area contributed by atoms with E-state index in [9.17, 15) is 9.59 Å². The van der Waals surface area contributed by atoms with E-state index in [4.69, 9.17) is 0 Å². The molecule has 0 aromatic heterocycles. The summed E-state index contributed by atoms with van der Waals surface area (Å²) >= 11 is 20.3. The Balaban J connectivity index is 2.57. The number of imide groups is 1. The maximum absolute atomic E-state index is 12.5. The van der Waals surface area contributed by atoms with Gasteiger partial charge in [-0.1, -0.05) is 31.9 Å². The molecule has 2 amide bonds. The number of fused-ring (bicyclic) bond motifs is 1. The van der Waals surface area contributed by atoms with Crippen LogP contribution in [-0.4, -0.2) is 33.4 Å². The summed E-state index contributed by atoms with van der Waals surface area (Å²) in [6, 6.07) is 0. The molecule has 0 saturated carbocycles. The molecule has 1 aromatic rings. The molecule has 1 heterocycles. The van der Waals surface area contributed by atoms with Gasteiger partial charge in [-0.05, 0) is 63.7 Å². The standard InChI is InChI=1S/C11H5Br6NO2/c12-1-3(13)2-18-10(19)4-5(11(18)20)7(15)9(17)8(16)6(4)14/h3H,1-2H2. The summed E-state index contributed by atoms with van der Waals surface area (Å²) in [4.78, 5) is 26.2. The molecule has 0 radical (unpaired) electrons. The monoisotopic (exact) mass is 657 g/mol. The minimum absolute atomic E-state index is 0.00847. The molecule has 0 fully saturated rings. The molecule has 1 atom stereocenters. The average molecular weight is 663 g/mol.